The Morgan fingerprint density at radius 3 is 2.40 bits per heavy atom. The van der Waals surface area contributed by atoms with Crippen molar-refractivity contribution in [3.05, 3.63) is 0 Å². The highest BCUT2D eigenvalue weighted by Gasteiger charge is 2.39. The lowest BCUT2D eigenvalue weighted by Crippen LogP contribution is -2.39. The van der Waals surface area contributed by atoms with Crippen molar-refractivity contribution in [1.29, 1.82) is 0 Å². The summed E-state index contributed by atoms with van der Waals surface area (Å²) in [5, 5.41) is 3.69. The second kappa shape index (κ2) is 2.23. The Kier molecular flexibility index (Phi) is 1.48. The molecule has 58 valence electrons. The minimum atomic E-state index is 0.843. The van der Waals surface area contributed by atoms with Gasteiger partial charge in [0.2, 0.25) is 0 Å². The molecule has 2 bridgehead atoms. The third-order valence-electron chi connectivity index (χ3n) is 3.13. The summed E-state index contributed by atoms with van der Waals surface area (Å²) in [6.45, 7) is 4.66. The van der Waals surface area contributed by atoms with Crippen molar-refractivity contribution in [3.63, 3.8) is 0 Å². The van der Waals surface area contributed by atoms with Gasteiger partial charge in [0, 0.05) is 12.1 Å². The fourth-order valence-corrected chi connectivity index (χ4v) is 2.64. The molecule has 10 heavy (non-hydrogen) atoms. The molecule has 0 spiro atoms. The number of piperidine rings is 1. The summed E-state index contributed by atoms with van der Waals surface area (Å²) in [6.07, 6.45) is 4.39. The molecule has 1 nitrogen and oxygen atoms in total. The van der Waals surface area contributed by atoms with E-state index in [1.165, 1.54) is 19.3 Å². The summed E-state index contributed by atoms with van der Waals surface area (Å²) < 4.78 is 0. The van der Waals surface area contributed by atoms with Crippen LogP contribution in [-0.4, -0.2) is 12.1 Å². The highest BCUT2D eigenvalue weighted by atomic mass is 15.0. The van der Waals surface area contributed by atoms with Gasteiger partial charge in [0.15, 0.2) is 0 Å². The molecule has 0 unspecified atom stereocenters. The van der Waals surface area contributed by atoms with Crippen molar-refractivity contribution in [2.45, 2.75) is 45.2 Å². The molecular formula is C9H17N. The summed E-state index contributed by atoms with van der Waals surface area (Å²) in [4.78, 5) is 0. The summed E-state index contributed by atoms with van der Waals surface area (Å²) in [7, 11) is 0. The van der Waals surface area contributed by atoms with E-state index >= 15 is 0 Å². The first-order valence-corrected chi connectivity index (χ1v) is 4.53. The van der Waals surface area contributed by atoms with E-state index in [4.69, 9.17) is 0 Å². The van der Waals surface area contributed by atoms with Gasteiger partial charge in [-0.3, -0.25) is 0 Å². The Labute approximate surface area is 63.2 Å². The highest BCUT2D eigenvalue weighted by Crippen LogP contribution is 2.37. The summed E-state index contributed by atoms with van der Waals surface area (Å²) >= 11 is 0. The standard InChI is InChI=1S/C9H17N/c1-6(2)9-7-3-4-8(5-7)10-9/h6-10H,3-5H2,1-2H3/t7-,8+,9-/m0/s1. The van der Waals surface area contributed by atoms with Crippen LogP contribution in [0.25, 0.3) is 0 Å². The maximum absolute atomic E-state index is 3.69. The van der Waals surface area contributed by atoms with Crippen LogP contribution in [0.2, 0.25) is 0 Å². The molecule has 1 saturated heterocycles. The fraction of sp³-hybridized carbons (Fsp3) is 1.00. The van der Waals surface area contributed by atoms with Crippen molar-refractivity contribution in [2.24, 2.45) is 11.8 Å². The van der Waals surface area contributed by atoms with Gasteiger partial charge in [-0.25, -0.2) is 0 Å². The quantitative estimate of drug-likeness (QED) is 0.584. The molecule has 0 aromatic carbocycles. The Morgan fingerprint density at radius 2 is 2.10 bits per heavy atom. The van der Waals surface area contributed by atoms with E-state index in [2.05, 4.69) is 19.2 Å². The van der Waals surface area contributed by atoms with Gasteiger partial charge in [0.25, 0.3) is 0 Å². The largest absolute Gasteiger partial charge is 0.311 e. The van der Waals surface area contributed by atoms with Gasteiger partial charge in [-0.15, -0.1) is 0 Å². The number of fused-ring (bicyclic) bond motifs is 2. The maximum atomic E-state index is 3.69. The SMILES string of the molecule is CC(C)[C@@H]1N[C@@H]2CC[C@H]1C2. The number of nitrogens with one attached hydrogen (secondary N) is 1. The lowest BCUT2D eigenvalue weighted by molar-refractivity contribution is 0.307. The van der Waals surface area contributed by atoms with Crippen LogP contribution in [0.1, 0.15) is 33.1 Å². The summed E-state index contributed by atoms with van der Waals surface area (Å²) in [6, 6.07) is 1.73. The lowest BCUT2D eigenvalue weighted by atomic mass is 9.91. The molecule has 2 rings (SSSR count). The monoisotopic (exact) mass is 139 g/mol. The van der Waals surface area contributed by atoms with E-state index in [9.17, 15) is 0 Å². The molecule has 1 saturated carbocycles. The zero-order chi connectivity index (χ0) is 7.14. The van der Waals surface area contributed by atoms with E-state index in [0.717, 1.165) is 23.9 Å². The topological polar surface area (TPSA) is 12.0 Å². The summed E-state index contributed by atoms with van der Waals surface area (Å²) in [5.74, 6) is 1.86. The third-order valence-corrected chi connectivity index (χ3v) is 3.13. The van der Waals surface area contributed by atoms with E-state index in [-0.39, 0.29) is 0 Å². The maximum Gasteiger partial charge on any atom is 0.0121 e. The van der Waals surface area contributed by atoms with E-state index in [1.54, 1.807) is 0 Å². The van der Waals surface area contributed by atoms with Crippen LogP contribution in [-0.2, 0) is 0 Å². The van der Waals surface area contributed by atoms with Gasteiger partial charge in [-0.05, 0) is 31.1 Å². The second-order valence-electron chi connectivity index (χ2n) is 4.21. The Morgan fingerprint density at radius 1 is 1.30 bits per heavy atom. The molecule has 1 heteroatoms. The molecule has 1 aliphatic carbocycles. The first kappa shape index (κ1) is 6.66. The number of hydrogen-bond acceptors (Lipinski definition) is 1. The van der Waals surface area contributed by atoms with Crippen LogP contribution in [0.5, 0.6) is 0 Å². The van der Waals surface area contributed by atoms with E-state index < -0.39 is 0 Å². The van der Waals surface area contributed by atoms with Crippen LogP contribution in [0.4, 0.5) is 0 Å². The molecule has 2 aliphatic rings. The van der Waals surface area contributed by atoms with Crippen LogP contribution >= 0.6 is 0 Å². The van der Waals surface area contributed by atoms with Crippen molar-refractivity contribution in [1.82, 2.24) is 5.32 Å². The first-order chi connectivity index (χ1) is 4.77. The fourth-order valence-electron chi connectivity index (χ4n) is 2.64. The minimum Gasteiger partial charge on any atom is -0.311 e. The Bertz CT molecular complexity index is 131. The predicted molar refractivity (Wildman–Crippen MR) is 42.9 cm³/mol. The van der Waals surface area contributed by atoms with Gasteiger partial charge in [-0.1, -0.05) is 13.8 Å². The second-order valence-corrected chi connectivity index (χ2v) is 4.21. The third kappa shape index (κ3) is 0.878. The summed E-state index contributed by atoms with van der Waals surface area (Å²) in [5.41, 5.74) is 0. The number of rotatable bonds is 1. The average molecular weight is 139 g/mol. The molecular weight excluding hydrogens is 122 g/mol. The van der Waals surface area contributed by atoms with Crippen molar-refractivity contribution >= 4 is 0 Å². The molecule has 1 heterocycles. The molecule has 1 N–H and O–H groups in total. The van der Waals surface area contributed by atoms with Crippen molar-refractivity contribution < 1.29 is 0 Å². The van der Waals surface area contributed by atoms with Gasteiger partial charge in [-0.2, -0.15) is 0 Å². The zero-order valence-corrected chi connectivity index (χ0v) is 6.93. The predicted octanol–water partition coefficient (Wildman–Crippen LogP) is 1.78. The van der Waals surface area contributed by atoms with Crippen LogP contribution in [0.15, 0.2) is 0 Å². The van der Waals surface area contributed by atoms with Crippen LogP contribution < -0.4 is 5.32 Å². The number of hydrogen-bond donors (Lipinski definition) is 1. The molecule has 0 radical (unpaired) electrons. The van der Waals surface area contributed by atoms with Crippen LogP contribution in [0, 0.1) is 11.8 Å². The van der Waals surface area contributed by atoms with E-state index in [0.29, 0.717) is 0 Å². The molecule has 2 fully saturated rings. The Hall–Kier alpha value is -0.0400. The minimum absolute atomic E-state index is 0.843. The average Bonchev–Trinajstić information content (AvgIpc) is 2.44. The van der Waals surface area contributed by atoms with E-state index in [1.807, 2.05) is 0 Å². The normalized spacial score (nSPS) is 45.3. The first-order valence-electron chi connectivity index (χ1n) is 4.53. The molecule has 1 aliphatic heterocycles. The smallest absolute Gasteiger partial charge is 0.0121 e. The van der Waals surface area contributed by atoms with Gasteiger partial charge >= 0.3 is 0 Å². The lowest BCUT2D eigenvalue weighted by Gasteiger charge is -2.26. The Balaban J connectivity index is 2.02. The van der Waals surface area contributed by atoms with Crippen LogP contribution in [0.3, 0.4) is 0 Å². The van der Waals surface area contributed by atoms with Gasteiger partial charge in [0.05, 0.1) is 0 Å². The zero-order valence-electron chi connectivity index (χ0n) is 6.93. The molecule has 0 aromatic rings. The van der Waals surface area contributed by atoms with Crippen molar-refractivity contribution in [3.8, 4) is 0 Å². The molecule has 0 aromatic heterocycles. The molecule has 0 amide bonds. The highest BCUT2D eigenvalue weighted by molar-refractivity contribution is 4.97. The molecule has 3 atom stereocenters. The van der Waals surface area contributed by atoms with Gasteiger partial charge < -0.3 is 5.32 Å². The van der Waals surface area contributed by atoms with Gasteiger partial charge in [0.1, 0.15) is 0 Å². The van der Waals surface area contributed by atoms with Crippen molar-refractivity contribution in [2.75, 3.05) is 0 Å².